The first-order chi connectivity index (χ1) is 25.4. The SMILES string of the molecule is C=CC/C(=C\C[C@H](OC(=O)C[C@H](O[Si](CC)(CC)CC)C(C)(C)C(=O)[C@H](C)[C@@H](OC(=O)OCC(Cl)(Cl)Cl)[C@@H](C)CC=C)/C(C)=C/c1csc(C)n1)C(F)(F)F. The quantitative estimate of drug-likeness (QED) is 0.0464. The summed E-state index contributed by atoms with van der Waals surface area (Å²) in [5.41, 5.74) is -1.10. The van der Waals surface area contributed by atoms with Crippen molar-refractivity contribution in [2.45, 2.75) is 134 Å². The number of alkyl halides is 6. The minimum atomic E-state index is -4.61. The number of Topliss-reactive ketones (excluding diaryl/α,β-unsaturated/α-hetero) is 1. The van der Waals surface area contributed by atoms with Crippen LogP contribution in [0.4, 0.5) is 18.0 Å². The van der Waals surface area contributed by atoms with Gasteiger partial charge in [-0.3, -0.25) is 9.59 Å². The first-order valence-electron chi connectivity index (χ1n) is 18.3. The summed E-state index contributed by atoms with van der Waals surface area (Å²) in [4.78, 5) is 45.7. The zero-order valence-electron chi connectivity index (χ0n) is 33.3. The van der Waals surface area contributed by atoms with Gasteiger partial charge in [0, 0.05) is 22.8 Å². The Morgan fingerprint density at radius 1 is 1.00 bits per heavy atom. The smallest absolute Gasteiger partial charge is 0.457 e. The van der Waals surface area contributed by atoms with Crippen LogP contribution >= 0.6 is 46.1 Å². The Hall–Kier alpha value is -2.16. The van der Waals surface area contributed by atoms with Crippen LogP contribution in [0.5, 0.6) is 0 Å². The number of thiazole rings is 1. The third-order valence-electron chi connectivity index (χ3n) is 9.81. The number of ketones is 1. The summed E-state index contributed by atoms with van der Waals surface area (Å²) in [6.07, 6.45) is -4.01. The van der Waals surface area contributed by atoms with Crippen molar-refractivity contribution in [1.29, 1.82) is 0 Å². The van der Waals surface area contributed by atoms with E-state index in [9.17, 15) is 27.6 Å². The molecule has 8 nitrogen and oxygen atoms in total. The molecule has 1 aromatic rings. The van der Waals surface area contributed by atoms with E-state index in [1.54, 1.807) is 52.2 Å². The second-order valence-electron chi connectivity index (χ2n) is 14.3. The fourth-order valence-electron chi connectivity index (χ4n) is 6.21. The Morgan fingerprint density at radius 2 is 1.60 bits per heavy atom. The van der Waals surface area contributed by atoms with Crippen LogP contribution in [0.2, 0.25) is 18.1 Å². The maximum Gasteiger partial charge on any atom is 0.508 e. The van der Waals surface area contributed by atoms with Crippen LogP contribution in [0, 0.1) is 24.2 Å². The Kier molecular flexibility index (Phi) is 21.0. The van der Waals surface area contributed by atoms with E-state index in [4.69, 9.17) is 53.4 Å². The molecule has 5 atom stereocenters. The maximum absolute atomic E-state index is 14.6. The summed E-state index contributed by atoms with van der Waals surface area (Å²) in [7, 11) is -2.50. The van der Waals surface area contributed by atoms with E-state index in [0.717, 1.165) is 17.2 Å². The number of hydrogen-bond acceptors (Lipinski definition) is 9. The molecule has 1 heterocycles. The summed E-state index contributed by atoms with van der Waals surface area (Å²) in [6.45, 7) is 22.9. The molecule has 0 amide bonds. The van der Waals surface area contributed by atoms with E-state index >= 15 is 0 Å². The van der Waals surface area contributed by atoms with E-state index in [0.29, 0.717) is 35.8 Å². The van der Waals surface area contributed by atoms with Crippen LogP contribution in [0.25, 0.3) is 6.08 Å². The number of allylic oxidation sites excluding steroid dienone is 3. The molecule has 0 saturated carbocycles. The third-order valence-corrected chi connectivity index (χ3v) is 15.6. The van der Waals surface area contributed by atoms with Crippen LogP contribution < -0.4 is 0 Å². The molecule has 0 spiro atoms. The molecule has 16 heteroatoms. The zero-order valence-corrected chi connectivity index (χ0v) is 37.4. The van der Waals surface area contributed by atoms with Crippen molar-refractivity contribution >= 4 is 78.4 Å². The Morgan fingerprint density at radius 3 is 2.07 bits per heavy atom. The van der Waals surface area contributed by atoms with Crippen molar-refractivity contribution in [3.8, 4) is 0 Å². The first kappa shape index (κ1) is 50.9. The molecule has 0 aromatic carbocycles. The van der Waals surface area contributed by atoms with Gasteiger partial charge in [-0.1, -0.05) is 101 Å². The van der Waals surface area contributed by atoms with Gasteiger partial charge in [0.05, 0.1) is 29.1 Å². The molecular weight excluding hydrogens is 818 g/mol. The summed E-state index contributed by atoms with van der Waals surface area (Å²) < 4.78 is 63.1. The molecule has 55 heavy (non-hydrogen) atoms. The van der Waals surface area contributed by atoms with Crippen molar-refractivity contribution in [1.82, 2.24) is 4.98 Å². The lowest BCUT2D eigenvalue weighted by Gasteiger charge is -2.42. The lowest BCUT2D eigenvalue weighted by molar-refractivity contribution is -0.153. The van der Waals surface area contributed by atoms with Gasteiger partial charge in [-0.2, -0.15) is 13.2 Å². The fourth-order valence-corrected chi connectivity index (χ4v) is 9.93. The van der Waals surface area contributed by atoms with Crippen molar-refractivity contribution in [3.63, 3.8) is 0 Å². The molecule has 312 valence electrons. The number of aryl methyl sites for hydroxylation is 1. The number of aromatic nitrogens is 1. The van der Waals surface area contributed by atoms with Crippen LogP contribution in [0.3, 0.4) is 0 Å². The van der Waals surface area contributed by atoms with Gasteiger partial charge in [-0.15, -0.1) is 24.5 Å². The second kappa shape index (κ2) is 22.7. The number of ether oxygens (including phenoxy) is 3. The highest BCUT2D eigenvalue weighted by molar-refractivity contribution is 7.09. The van der Waals surface area contributed by atoms with Gasteiger partial charge < -0.3 is 18.6 Å². The maximum atomic E-state index is 14.6. The predicted octanol–water partition coefficient (Wildman–Crippen LogP) is 12.3. The van der Waals surface area contributed by atoms with Gasteiger partial charge in [0.25, 0.3) is 0 Å². The number of hydrogen-bond donors (Lipinski definition) is 0. The highest BCUT2D eigenvalue weighted by Crippen LogP contribution is 2.38. The zero-order chi connectivity index (χ0) is 42.4. The summed E-state index contributed by atoms with van der Waals surface area (Å²) in [6, 6.07) is 2.11. The van der Waals surface area contributed by atoms with Crippen molar-refractivity contribution in [3.05, 3.63) is 58.6 Å². The second-order valence-corrected chi connectivity index (χ2v) is 22.6. The average Bonchev–Trinajstić information content (AvgIpc) is 3.51. The van der Waals surface area contributed by atoms with E-state index in [1.807, 2.05) is 27.7 Å². The van der Waals surface area contributed by atoms with Crippen LogP contribution in [-0.4, -0.2) is 66.1 Å². The van der Waals surface area contributed by atoms with Gasteiger partial charge in [-0.05, 0) is 62.4 Å². The number of rotatable bonds is 23. The minimum Gasteiger partial charge on any atom is -0.457 e. The molecule has 0 aliphatic heterocycles. The molecule has 1 rings (SSSR count). The molecular formula is C39H57Cl3F3NO7SSi. The third kappa shape index (κ3) is 16.7. The lowest BCUT2D eigenvalue weighted by atomic mass is 9.73. The Bertz CT molecular complexity index is 1500. The van der Waals surface area contributed by atoms with Crippen LogP contribution in [0.15, 0.2) is 47.9 Å². The number of nitrogens with zero attached hydrogens (tertiary/aromatic N) is 1. The standard InChI is InChI=1S/C39H57Cl3F3NO7SSi/c1-12-17-25(6)34(52-36(49)50-24-38(40,41)42)27(8)35(48)37(10,11)32(53-55(14-3,15-4)16-5)22-33(47)51-31(20-19-29(18-13-2)39(43,44)45)26(7)21-30-23-54-28(9)46-30/h12-13,19,21,23,25,27,31-32,34H,1-2,14-18,20,22,24H2,3-11H3/b26-21+,29-19+/t25-,27+,31-,32-,34-/m0/s1. The lowest BCUT2D eigenvalue weighted by Crippen LogP contribution is -2.52. The number of carbonyl (C=O) groups excluding carboxylic acids is 3. The van der Waals surface area contributed by atoms with Gasteiger partial charge >= 0.3 is 18.3 Å². The molecule has 0 bridgehead atoms. The predicted molar refractivity (Wildman–Crippen MR) is 219 cm³/mol. The van der Waals surface area contributed by atoms with Crippen molar-refractivity contribution in [2.24, 2.45) is 17.3 Å². The average molecular weight is 875 g/mol. The van der Waals surface area contributed by atoms with E-state index in [1.165, 1.54) is 11.3 Å². The first-order valence-corrected chi connectivity index (χ1v) is 22.8. The van der Waals surface area contributed by atoms with E-state index in [-0.39, 0.29) is 24.5 Å². The monoisotopic (exact) mass is 873 g/mol. The number of halogens is 6. The van der Waals surface area contributed by atoms with Gasteiger partial charge in [0.1, 0.15) is 24.6 Å². The van der Waals surface area contributed by atoms with E-state index < -0.39 is 78.7 Å². The van der Waals surface area contributed by atoms with Crippen molar-refractivity contribution in [2.75, 3.05) is 6.61 Å². The molecule has 1 aromatic heterocycles. The Labute approximate surface area is 345 Å². The molecule has 0 saturated heterocycles. The minimum absolute atomic E-state index is 0.267. The summed E-state index contributed by atoms with van der Waals surface area (Å²) in [5.74, 6) is -2.44. The van der Waals surface area contributed by atoms with Gasteiger partial charge in [0.2, 0.25) is 3.79 Å². The Balaban J connectivity index is 3.65. The summed E-state index contributed by atoms with van der Waals surface area (Å²) >= 11 is 18.6. The highest BCUT2D eigenvalue weighted by atomic mass is 35.6. The van der Waals surface area contributed by atoms with E-state index in [2.05, 4.69) is 18.1 Å². The molecule has 0 aliphatic carbocycles. The number of esters is 1. The highest BCUT2D eigenvalue weighted by Gasteiger charge is 2.48. The topological polar surface area (TPSA) is 101 Å². The fraction of sp³-hybridized carbons (Fsp3) is 0.641. The van der Waals surface area contributed by atoms with Gasteiger partial charge in [-0.25, -0.2) is 9.78 Å². The van der Waals surface area contributed by atoms with Crippen LogP contribution in [0.1, 0.15) is 91.8 Å². The largest absolute Gasteiger partial charge is 0.508 e. The normalized spacial score (nSPS) is 16.1. The number of carbonyl (C=O) groups is 3. The molecule has 0 unspecified atom stereocenters. The molecule has 0 radical (unpaired) electrons. The molecule has 0 fully saturated rings. The van der Waals surface area contributed by atoms with Crippen LogP contribution in [-0.2, 0) is 28.2 Å². The molecule has 0 aliphatic rings. The molecule has 0 N–H and O–H groups in total. The van der Waals surface area contributed by atoms with Crippen molar-refractivity contribution < 1.29 is 46.2 Å². The van der Waals surface area contributed by atoms with Gasteiger partial charge in [0.15, 0.2) is 8.32 Å². The summed E-state index contributed by atoms with van der Waals surface area (Å²) in [5, 5.41) is 2.59.